The van der Waals surface area contributed by atoms with Crippen LogP contribution in [0.4, 0.5) is 0 Å². The molecule has 3 aromatic carbocycles. The maximum atomic E-state index is 9.83. The highest BCUT2D eigenvalue weighted by Gasteiger charge is 2.16. The Morgan fingerprint density at radius 2 is 1.67 bits per heavy atom. The van der Waals surface area contributed by atoms with Gasteiger partial charge in [-0.3, -0.25) is 0 Å². The van der Waals surface area contributed by atoms with Crippen LogP contribution in [0.2, 0.25) is 0 Å². The van der Waals surface area contributed by atoms with Crippen molar-refractivity contribution >= 4 is 22.7 Å². The number of benzene rings is 3. The van der Waals surface area contributed by atoms with Crippen LogP contribution in [0.15, 0.2) is 54.6 Å². The second-order valence-electron chi connectivity index (χ2n) is 7.74. The molecule has 166 valence electrons. The normalized spacial score (nSPS) is 11.3. The van der Waals surface area contributed by atoms with Crippen LogP contribution < -0.4 is 14.2 Å². The molecule has 0 saturated heterocycles. The first kappa shape index (κ1) is 22.0. The number of allylic oxidation sites excluding steroid dienone is 1. The lowest BCUT2D eigenvalue weighted by Gasteiger charge is -2.15. The third-order valence-corrected chi connectivity index (χ3v) is 5.49. The van der Waals surface area contributed by atoms with Gasteiger partial charge in [-0.15, -0.1) is 0 Å². The van der Waals surface area contributed by atoms with E-state index in [0.29, 0.717) is 35.3 Å². The zero-order chi connectivity index (χ0) is 23.4. The zero-order valence-electron chi connectivity index (χ0n) is 19.1. The highest BCUT2D eigenvalue weighted by atomic mass is 16.5. The van der Waals surface area contributed by atoms with E-state index in [1.165, 1.54) is 5.56 Å². The molecule has 6 nitrogen and oxygen atoms in total. The molecule has 4 aromatic rings. The predicted molar refractivity (Wildman–Crippen MR) is 129 cm³/mol. The highest BCUT2D eigenvalue weighted by molar-refractivity contribution is 5.91. The van der Waals surface area contributed by atoms with Crippen molar-refractivity contribution < 1.29 is 14.2 Å². The molecule has 0 saturated carbocycles. The van der Waals surface area contributed by atoms with Gasteiger partial charge in [0.25, 0.3) is 0 Å². The van der Waals surface area contributed by atoms with E-state index < -0.39 is 0 Å². The molecular weight excluding hydrogens is 414 g/mol. The quantitative estimate of drug-likeness (QED) is 0.366. The number of aromatic nitrogens is 2. The van der Waals surface area contributed by atoms with Crippen LogP contribution in [0.1, 0.15) is 28.1 Å². The van der Waals surface area contributed by atoms with Gasteiger partial charge < -0.3 is 19.2 Å². The van der Waals surface area contributed by atoms with Crippen molar-refractivity contribution in [3.63, 3.8) is 0 Å². The van der Waals surface area contributed by atoms with Crippen LogP contribution in [0.5, 0.6) is 17.2 Å². The Labute approximate surface area is 193 Å². The number of aryl methyl sites for hydroxylation is 2. The number of nitrogens with zero attached hydrogens (tertiary/aromatic N) is 2. The van der Waals surface area contributed by atoms with Crippen molar-refractivity contribution in [2.45, 2.75) is 20.5 Å². The first-order valence-corrected chi connectivity index (χ1v) is 10.5. The molecule has 0 radical (unpaired) electrons. The number of aromatic amines is 1. The van der Waals surface area contributed by atoms with Crippen LogP contribution in [-0.4, -0.2) is 24.2 Å². The molecule has 0 atom stereocenters. The molecule has 1 heterocycles. The Morgan fingerprint density at radius 3 is 2.30 bits per heavy atom. The lowest BCUT2D eigenvalue weighted by Crippen LogP contribution is -2.00. The van der Waals surface area contributed by atoms with Gasteiger partial charge in [-0.25, -0.2) is 4.98 Å². The minimum Gasteiger partial charge on any atom is -0.493 e. The number of hydrogen-bond donors (Lipinski definition) is 1. The number of ether oxygens (including phenoxy) is 3. The summed E-state index contributed by atoms with van der Waals surface area (Å²) in [6.45, 7) is 4.48. The number of hydrogen-bond acceptors (Lipinski definition) is 5. The van der Waals surface area contributed by atoms with E-state index in [9.17, 15) is 5.26 Å². The standard InChI is InChI=1S/C27H25N3O3/c1-17-10-22-23(11-18(17)2)30-27(29-22)21(15-28)12-20-13-24(31-3)26(25(14-20)32-4)33-16-19-8-6-5-7-9-19/h5-14H,16H2,1-4H3,(H,29,30)/b21-12-. The maximum Gasteiger partial charge on any atom is 0.203 e. The fourth-order valence-electron chi connectivity index (χ4n) is 3.57. The summed E-state index contributed by atoms with van der Waals surface area (Å²) in [7, 11) is 3.15. The summed E-state index contributed by atoms with van der Waals surface area (Å²) in [6, 6.07) is 19.8. The van der Waals surface area contributed by atoms with Crippen molar-refractivity contribution in [1.29, 1.82) is 5.26 Å². The van der Waals surface area contributed by atoms with Gasteiger partial charge in [0.05, 0.1) is 30.8 Å². The second-order valence-corrected chi connectivity index (χ2v) is 7.74. The van der Waals surface area contributed by atoms with E-state index in [2.05, 4.69) is 23.0 Å². The lowest BCUT2D eigenvalue weighted by atomic mass is 10.1. The minimum absolute atomic E-state index is 0.379. The van der Waals surface area contributed by atoms with Gasteiger partial charge in [-0.2, -0.15) is 5.26 Å². The Morgan fingerprint density at radius 1 is 1.00 bits per heavy atom. The minimum atomic E-state index is 0.379. The number of fused-ring (bicyclic) bond motifs is 1. The van der Waals surface area contributed by atoms with Crippen molar-refractivity contribution in [3.8, 4) is 23.3 Å². The van der Waals surface area contributed by atoms with Crippen LogP contribution >= 0.6 is 0 Å². The van der Waals surface area contributed by atoms with E-state index in [1.807, 2.05) is 61.5 Å². The van der Waals surface area contributed by atoms with Gasteiger partial charge in [0.2, 0.25) is 5.75 Å². The molecule has 0 fully saturated rings. The van der Waals surface area contributed by atoms with Crippen molar-refractivity contribution in [2.75, 3.05) is 14.2 Å². The number of nitriles is 1. The van der Waals surface area contributed by atoms with E-state index in [4.69, 9.17) is 14.2 Å². The van der Waals surface area contributed by atoms with Gasteiger partial charge in [0.1, 0.15) is 18.5 Å². The van der Waals surface area contributed by atoms with Gasteiger partial charge >= 0.3 is 0 Å². The predicted octanol–water partition coefficient (Wildman–Crippen LogP) is 5.84. The Balaban J connectivity index is 1.69. The molecule has 0 bridgehead atoms. The molecule has 1 N–H and O–H groups in total. The highest BCUT2D eigenvalue weighted by Crippen LogP contribution is 2.40. The zero-order valence-corrected chi connectivity index (χ0v) is 19.1. The Hall–Kier alpha value is -4.24. The van der Waals surface area contributed by atoms with E-state index in [-0.39, 0.29) is 0 Å². The summed E-state index contributed by atoms with van der Waals surface area (Å²) in [6.07, 6.45) is 1.75. The van der Waals surface area contributed by atoms with Crippen LogP contribution in [-0.2, 0) is 6.61 Å². The Kier molecular flexibility index (Phi) is 6.32. The van der Waals surface area contributed by atoms with E-state index in [0.717, 1.165) is 27.7 Å². The van der Waals surface area contributed by atoms with E-state index >= 15 is 0 Å². The molecule has 0 spiro atoms. The van der Waals surface area contributed by atoms with E-state index in [1.54, 1.807) is 20.3 Å². The van der Waals surface area contributed by atoms with Crippen LogP contribution in [0, 0.1) is 25.2 Å². The smallest absolute Gasteiger partial charge is 0.203 e. The second kappa shape index (κ2) is 9.49. The number of methoxy groups -OCH3 is 2. The molecular formula is C27H25N3O3. The summed E-state index contributed by atoms with van der Waals surface area (Å²) in [5.74, 6) is 2.06. The summed E-state index contributed by atoms with van der Waals surface area (Å²) < 4.78 is 17.2. The molecule has 0 unspecified atom stereocenters. The molecule has 4 rings (SSSR count). The largest absolute Gasteiger partial charge is 0.493 e. The first-order valence-electron chi connectivity index (χ1n) is 10.5. The topological polar surface area (TPSA) is 80.2 Å². The summed E-state index contributed by atoms with van der Waals surface area (Å²) in [4.78, 5) is 7.87. The molecule has 33 heavy (non-hydrogen) atoms. The molecule has 0 amide bonds. The average molecular weight is 440 g/mol. The Bertz CT molecular complexity index is 1300. The molecule has 0 aliphatic heterocycles. The van der Waals surface area contributed by atoms with Crippen molar-refractivity contribution in [3.05, 3.63) is 82.7 Å². The first-order chi connectivity index (χ1) is 16.0. The number of H-pyrrole nitrogens is 1. The lowest BCUT2D eigenvalue weighted by molar-refractivity contribution is 0.266. The fourth-order valence-corrected chi connectivity index (χ4v) is 3.57. The number of rotatable bonds is 7. The van der Waals surface area contributed by atoms with Gasteiger partial charge in [-0.05, 0) is 66.4 Å². The SMILES string of the molecule is COc1cc(/C=C(/C#N)c2nc3cc(C)c(C)cc3[nH]2)cc(OC)c1OCc1ccccc1. The van der Waals surface area contributed by atoms with Crippen LogP contribution in [0.3, 0.4) is 0 Å². The summed E-state index contributed by atoms with van der Waals surface area (Å²) in [5.41, 5.74) is 6.23. The molecule has 6 heteroatoms. The number of imidazole rings is 1. The van der Waals surface area contributed by atoms with Crippen molar-refractivity contribution in [1.82, 2.24) is 9.97 Å². The average Bonchev–Trinajstić information content (AvgIpc) is 3.24. The van der Waals surface area contributed by atoms with Crippen LogP contribution in [0.25, 0.3) is 22.7 Å². The third-order valence-electron chi connectivity index (χ3n) is 5.49. The third kappa shape index (κ3) is 4.68. The summed E-state index contributed by atoms with van der Waals surface area (Å²) >= 11 is 0. The van der Waals surface area contributed by atoms with Gasteiger partial charge in [0, 0.05) is 0 Å². The number of nitrogens with one attached hydrogen (secondary N) is 1. The molecule has 0 aliphatic rings. The maximum absolute atomic E-state index is 9.83. The monoisotopic (exact) mass is 439 g/mol. The molecule has 1 aromatic heterocycles. The molecule has 0 aliphatic carbocycles. The van der Waals surface area contributed by atoms with Gasteiger partial charge in [-0.1, -0.05) is 30.3 Å². The van der Waals surface area contributed by atoms with Crippen molar-refractivity contribution in [2.24, 2.45) is 0 Å². The summed E-state index contributed by atoms with van der Waals surface area (Å²) in [5, 5.41) is 9.83. The van der Waals surface area contributed by atoms with Gasteiger partial charge in [0.15, 0.2) is 11.5 Å². The fraction of sp³-hybridized carbons (Fsp3) is 0.185.